The van der Waals surface area contributed by atoms with E-state index in [2.05, 4.69) is 15.3 Å². The van der Waals surface area contributed by atoms with Crippen LogP contribution in [0.25, 0.3) is 0 Å². The molecule has 1 aliphatic carbocycles. The van der Waals surface area contributed by atoms with Crippen molar-refractivity contribution in [3.05, 3.63) is 52.1 Å². The summed E-state index contributed by atoms with van der Waals surface area (Å²) in [5, 5.41) is 2.41. The third-order valence-corrected chi connectivity index (χ3v) is 4.06. The van der Waals surface area contributed by atoms with Crippen LogP contribution in [0.4, 0.5) is 18.9 Å². The van der Waals surface area contributed by atoms with Gasteiger partial charge in [0, 0.05) is 12.1 Å². The first-order valence-corrected chi connectivity index (χ1v) is 7.65. The SMILES string of the molecule is Cc1nc(C2CC2)ncc1C(=O)Nc1cc(C(F)(F)F)ccc1Cl. The molecular formula is C16H13ClF3N3O. The number of halogens is 4. The average Bonchev–Trinajstić information content (AvgIpc) is 3.32. The molecule has 1 N–H and O–H groups in total. The van der Waals surface area contributed by atoms with Gasteiger partial charge in [-0.2, -0.15) is 13.2 Å². The van der Waals surface area contributed by atoms with Gasteiger partial charge in [-0.15, -0.1) is 0 Å². The number of amides is 1. The van der Waals surface area contributed by atoms with Crippen LogP contribution in [-0.2, 0) is 6.18 Å². The molecule has 8 heteroatoms. The van der Waals surface area contributed by atoms with E-state index in [4.69, 9.17) is 11.6 Å². The van der Waals surface area contributed by atoms with Crippen LogP contribution < -0.4 is 5.32 Å². The van der Waals surface area contributed by atoms with Crippen molar-refractivity contribution in [2.75, 3.05) is 5.32 Å². The van der Waals surface area contributed by atoms with Crippen molar-refractivity contribution in [1.82, 2.24) is 9.97 Å². The quantitative estimate of drug-likeness (QED) is 0.876. The van der Waals surface area contributed by atoms with Crippen LogP contribution in [0.3, 0.4) is 0 Å². The molecule has 126 valence electrons. The molecule has 0 spiro atoms. The second kappa shape index (κ2) is 6.05. The molecule has 1 aromatic carbocycles. The summed E-state index contributed by atoms with van der Waals surface area (Å²) in [4.78, 5) is 20.8. The molecule has 1 amide bonds. The Morgan fingerprint density at radius 2 is 2.04 bits per heavy atom. The lowest BCUT2D eigenvalue weighted by molar-refractivity contribution is -0.137. The van der Waals surface area contributed by atoms with Crippen LogP contribution in [0.15, 0.2) is 24.4 Å². The average molecular weight is 356 g/mol. The highest BCUT2D eigenvalue weighted by Crippen LogP contribution is 2.38. The lowest BCUT2D eigenvalue weighted by Crippen LogP contribution is -2.16. The van der Waals surface area contributed by atoms with Crippen LogP contribution in [0.5, 0.6) is 0 Å². The Balaban J connectivity index is 1.84. The Bertz CT molecular complexity index is 804. The second-order valence-corrected chi connectivity index (χ2v) is 6.06. The molecule has 0 aliphatic heterocycles. The predicted molar refractivity (Wildman–Crippen MR) is 83.2 cm³/mol. The molecule has 1 saturated carbocycles. The van der Waals surface area contributed by atoms with Crippen molar-refractivity contribution < 1.29 is 18.0 Å². The first-order chi connectivity index (χ1) is 11.3. The maximum absolute atomic E-state index is 12.8. The summed E-state index contributed by atoms with van der Waals surface area (Å²) in [5.41, 5.74) is -0.318. The number of rotatable bonds is 3. The van der Waals surface area contributed by atoms with E-state index in [9.17, 15) is 18.0 Å². The summed E-state index contributed by atoms with van der Waals surface area (Å²) < 4.78 is 38.3. The van der Waals surface area contributed by atoms with Gasteiger partial charge in [0.15, 0.2) is 0 Å². The predicted octanol–water partition coefficient (Wildman–Crippen LogP) is 4.59. The fraction of sp³-hybridized carbons (Fsp3) is 0.312. The molecule has 1 aromatic heterocycles. The third-order valence-electron chi connectivity index (χ3n) is 3.73. The van der Waals surface area contributed by atoms with Gasteiger partial charge in [-0.3, -0.25) is 4.79 Å². The molecule has 0 unspecified atom stereocenters. The van der Waals surface area contributed by atoms with E-state index in [0.29, 0.717) is 17.4 Å². The summed E-state index contributed by atoms with van der Waals surface area (Å²) >= 11 is 5.88. The molecule has 3 rings (SSSR count). The van der Waals surface area contributed by atoms with Gasteiger partial charge < -0.3 is 5.32 Å². The second-order valence-electron chi connectivity index (χ2n) is 5.65. The topological polar surface area (TPSA) is 54.9 Å². The van der Waals surface area contributed by atoms with Crippen LogP contribution in [-0.4, -0.2) is 15.9 Å². The monoisotopic (exact) mass is 355 g/mol. The summed E-state index contributed by atoms with van der Waals surface area (Å²) in [7, 11) is 0. The van der Waals surface area contributed by atoms with E-state index in [1.807, 2.05) is 0 Å². The molecule has 4 nitrogen and oxygen atoms in total. The minimum atomic E-state index is -4.52. The number of anilines is 1. The lowest BCUT2D eigenvalue weighted by Gasteiger charge is -2.12. The van der Waals surface area contributed by atoms with Crippen LogP contribution in [0.2, 0.25) is 5.02 Å². The minimum Gasteiger partial charge on any atom is -0.321 e. The fourth-order valence-electron chi connectivity index (χ4n) is 2.23. The first-order valence-electron chi connectivity index (χ1n) is 7.27. The zero-order chi connectivity index (χ0) is 17.5. The fourth-order valence-corrected chi connectivity index (χ4v) is 2.40. The molecule has 0 saturated heterocycles. The number of hydrogen-bond acceptors (Lipinski definition) is 3. The van der Waals surface area contributed by atoms with Gasteiger partial charge in [0.1, 0.15) is 5.82 Å². The Morgan fingerprint density at radius 3 is 2.62 bits per heavy atom. The smallest absolute Gasteiger partial charge is 0.321 e. The number of alkyl halides is 3. The minimum absolute atomic E-state index is 0.0181. The first kappa shape index (κ1) is 16.7. The highest BCUT2D eigenvalue weighted by molar-refractivity contribution is 6.34. The van der Waals surface area contributed by atoms with Gasteiger partial charge in [-0.25, -0.2) is 9.97 Å². The van der Waals surface area contributed by atoms with Crippen LogP contribution >= 0.6 is 11.6 Å². The molecule has 1 fully saturated rings. The number of aromatic nitrogens is 2. The molecule has 0 bridgehead atoms. The van der Waals surface area contributed by atoms with Gasteiger partial charge in [0.25, 0.3) is 5.91 Å². The highest BCUT2D eigenvalue weighted by Gasteiger charge is 2.31. The number of nitrogens with one attached hydrogen (secondary N) is 1. The number of benzene rings is 1. The Kier molecular flexibility index (Phi) is 4.21. The largest absolute Gasteiger partial charge is 0.416 e. The Labute approximate surface area is 141 Å². The van der Waals surface area contributed by atoms with E-state index >= 15 is 0 Å². The molecule has 0 radical (unpaired) electrons. The van der Waals surface area contributed by atoms with Gasteiger partial charge in [0.2, 0.25) is 0 Å². The summed E-state index contributed by atoms with van der Waals surface area (Å²) in [5.74, 6) is 0.441. The molecule has 1 aliphatic rings. The van der Waals surface area contributed by atoms with E-state index in [1.165, 1.54) is 6.20 Å². The van der Waals surface area contributed by atoms with Crippen LogP contribution in [0, 0.1) is 6.92 Å². The van der Waals surface area contributed by atoms with Crippen molar-refractivity contribution >= 4 is 23.2 Å². The molecule has 24 heavy (non-hydrogen) atoms. The summed E-state index contributed by atoms with van der Waals surface area (Å²) in [6.45, 7) is 1.66. The normalized spacial score (nSPS) is 14.5. The van der Waals surface area contributed by atoms with Gasteiger partial charge in [-0.05, 0) is 38.0 Å². The number of carbonyl (C=O) groups is 1. The van der Waals surface area contributed by atoms with E-state index in [-0.39, 0.29) is 16.3 Å². The Hall–Kier alpha value is -2.15. The molecule has 0 atom stereocenters. The number of aryl methyl sites for hydroxylation is 1. The maximum Gasteiger partial charge on any atom is 0.416 e. The van der Waals surface area contributed by atoms with E-state index < -0.39 is 17.6 Å². The molecule has 1 heterocycles. The van der Waals surface area contributed by atoms with Crippen molar-refractivity contribution in [1.29, 1.82) is 0 Å². The molecule has 2 aromatic rings. The molecular weight excluding hydrogens is 343 g/mol. The number of carbonyl (C=O) groups excluding carboxylic acids is 1. The lowest BCUT2D eigenvalue weighted by atomic mass is 10.1. The van der Waals surface area contributed by atoms with Crippen LogP contribution in [0.1, 0.15) is 46.2 Å². The van der Waals surface area contributed by atoms with Crippen molar-refractivity contribution in [2.45, 2.75) is 31.9 Å². The van der Waals surface area contributed by atoms with Crippen molar-refractivity contribution in [3.8, 4) is 0 Å². The maximum atomic E-state index is 12.8. The van der Waals surface area contributed by atoms with Crippen molar-refractivity contribution in [2.24, 2.45) is 0 Å². The third kappa shape index (κ3) is 3.51. The zero-order valence-corrected chi connectivity index (χ0v) is 13.4. The standard InChI is InChI=1S/C16H13ClF3N3O/c1-8-11(7-21-14(22-8)9-2-3-9)15(24)23-13-6-10(16(18,19)20)4-5-12(13)17/h4-7,9H,2-3H2,1H3,(H,23,24). The van der Waals surface area contributed by atoms with E-state index in [0.717, 1.165) is 31.0 Å². The van der Waals surface area contributed by atoms with Gasteiger partial charge in [-0.1, -0.05) is 11.6 Å². The van der Waals surface area contributed by atoms with Crippen molar-refractivity contribution in [3.63, 3.8) is 0 Å². The van der Waals surface area contributed by atoms with Gasteiger partial charge >= 0.3 is 6.18 Å². The van der Waals surface area contributed by atoms with Gasteiger partial charge in [0.05, 0.1) is 27.5 Å². The highest BCUT2D eigenvalue weighted by atomic mass is 35.5. The number of nitrogens with zero attached hydrogens (tertiary/aromatic N) is 2. The zero-order valence-electron chi connectivity index (χ0n) is 12.6. The summed E-state index contributed by atoms with van der Waals surface area (Å²) in [6, 6.07) is 2.76. The number of hydrogen-bond donors (Lipinski definition) is 1. The Morgan fingerprint density at radius 1 is 1.33 bits per heavy atom. The van der Waals surface area contributed by atoms with E-state index in [1.54, 1.807) is 6.92 Å². The summed E-state index contributed by atoms with van der Waals surface area (Å²) in [6.07, 6.45) is -1.06.